The highest BCUT2D eigenvalue weighted by molar-refractivity contribution is 6.83. The van der Waals surface area contributed by atoms with E-state index in [1.807, 2.05) is 0 Å². The molecule has 3 rings (SSSR count). The highest BCUT2D eigenvalue weighted by Crippen LogP contribution is 2.48. The molecule has 0 aliphatic carbocycles. The Morgan fingerprint density at radius 3 is 2.21 bits per heavy atom. The van der Waals surface area contributed by atoms with Gasteiger partial charge in [-0.2, -0.15) is 4.57 Å². The Morgan fingerprint density at radius 1 is 1.11 bits per heavy atom. The van der Waals surface area contributed by atoms with Gasteiger partial charge in [0.25, 0.3) is 5.56 Å². The van der Waals surface area contributed by atoms with E-state index < -0.39 is 59.0 Å². The molecule has 13 heteroatoms. The molecular formula is C25H42N2O9Si2. The molecule has 0 aromatic carbocycles. The summed E-state index contributed by atoms with van der Waals surface area (Å²) in [6.07, 6.45) is -2.69. The van der Waals surface area contributed by atoms with Crippen LogP contribution in [-0.2, 0) is 22.4 Å². The molecule has 1 aromatic heterocycles. The van der Waals surface area contributed by atoms with Gasteiger partial charge in [-0.3, -0.25) is 9.36 Å². The zero-order chi connectivity index (χ0) is 28.6. The molecule has 0 unspecified atom stereocenters. The summed E-state index contributed by atoms with van der Waals surface area (Å²) in [7, 11) is -5.86. The molecule has 3 heterocycles. The van der Waals surface area contributed by atoms with Crippen molar-refractivity contribution in [2.24, 2.45) is 0 Å². The van der Waals surface area contributed by atoms with Crippen LogP contribution in [0.5, 0.6) is 0 Å². The first-order chi connectivity index (χ1) is 17.7. The molecule has 2 fully saturated rings. The Hall–Kier alpha value is -1.88. The van der Waals surface area contributed by atoms with Gasteiger partial charge in [-0.05, 0) is 22.2 Å². The molecule has 214 valence electrons. The van der Waals surface area contributed by atoms with Crippen LogP contribution in [0.2, 0.25) is 22.2 Å². The first kappa shape index (κ1) is 30.7. The highest BCUT2D eigenvalue weighted by Gasteiger charge is 2.61. The average Bonchev–Trinajstić information content (AvgIpc) is 3.11. The second-order valence-corrected chi connectivity index (χ2v) is 20.0. The second kappa shape index (κ2) is 11.7. The molecule has 1 aromatic rings. The summed E-state index contributed by atoms with van der Waals surface area (Å²) in [6, 6.07) is 1.05. The van der Waals surface area contributed by atoms with E-state index in [9.17, 15) is 19.5 Å². The number of aliphatic hydroxyl groups excluding tert-OH is 1. The standard InChI is InChI=1S/C25H42N2O9Si2/c1-10-13-32-25(31)27-20(28)11-12-26(24(27)30)23-21(29)22-19(34-23)14-33-37(15(2)3,16(4)5)36-38(35-22,17(6)7)18(8)9/h10-12,15-19,21-23,29H,1,13-14H2,2-9H3/t19-,21-,22-,23-/m1/s1. The lowest BCUT2D eigenvalue weighted by Crippen LogP contribution is -2.65. The van der Waals surface area contributed by atoms with Crippen LogP contribution < -0.4 is 11.2 Å². The maximum absolute atomic E-state index is 13.2. The zero-order valence-corrected chi connectivity index (χ0v) is 25.6. The molecule has 11 nitrogen and oxygen atoms in total. The molecule has 0 bridgehead atoms. The van der Waals surface area contributed by atoms with Crippen molar-refractivity contribution in [3.63, 3.8) is 0 Å². The van der Waals surface area contributed by atoms with Crippen LogP contribution in [0.3, 0.4) is 0 Å². The van der Waals surface area contributed by atoms with E-state index in [-0.39, 0.29) is 35.4 Å². The lowest BCUT2D eigenvalue weighted by molar-refractivity contribution is -0.0604. The van der Waals surface area contributed by atoms with Gasteiger partial charge in [-0.25, -0.2) is 9.59 Å². The molecule has 4 atom stereocenters. The maximum Gasteiger partial charge on any atom is 0.425 e. The minimum atomic E-state index is -3.03. The monoisotopic (exact) mass is 570 g/mol. The number of fused-ring (bicyclic) bond motifs is 1. The number of carbonyl (C=O) groups is 1. The Bertz CT molecular complexity index is 1110. The van der Waals surface area contributed by atoms with Crippen LogP contribution >= 0.6 is 0 Å². The van der Waals surface area contributed by atoms with Gasteiger partial charge >= 0.3 is 28.9 Å². The molecule has 2 aliphatic heterocycles. The first-order valence-corrected chi connectivity index (χ1v) is 17.1. The zero-order valence-electron chi connectivity index (χ0n) is 23.6. The van der Waals surface area contributed by atoms with Crippen LogP contribution in [0.15, 0.2) is 34.5 Å². The maximum atomic E-state index is 13.2. The van der Waals surface area contributed by atoms with Crippen LogP contribution in [0.4, 0.5) is 4.79 Å². The fourth-order valence-corrected chi connectivity index (χ4v) is 16.6. The minimum absolute atomic E-state index is 0.0322. The molecule has 0 radical (unpaired) electrons. The van der Waals surface area contributed by atoms with E-state index in [4.69, 9.17) is 22.4 Å². The Kier molecular flexibility index (Phi) is 9.44. The Balaban J connectivity index is 2.08. The fraction of sp³-hybridized carbons (Fsp3) is 0.720. The average molecular weight is 571 g/mol. The van der Waals surface area contributed by atoms with Crippen molar-refractivity contribution >= 4 is 23.2 Å². The van der Waals surface area contributed by atoms with E-state index in [2.05, 4.69) is 62.0 Å². The number of hydrogen-bond donors (Lipinski definition) is 1. The van der Waals surface area contributed by atoms with Gasteiger partial charge in [0.05, 0.1) is 6.61 Å². The number of aliphatic hydroxyl groups is 1. The fourth-order valence-electron chi connectivity index (χ4n) is 5.42. The Morgan fingerprint density at radius 2 is 1.68 bits per heavy atom. The molecule has 2 saturated heterocycles. The van der Waals surface area contributed by atoms with Crippen molar-refractivity contribution in [3.05, 3.63) is 45.8 Å². The third-order valence-corrected chi connectivity index (χ3v) is 17.7. The first-order valence-electron chi connectivity index (χ1n) is 13.2. The van der Waals surface area contributed by atoms with Crippen molar-refractivity contribution < 1.29 is 32.3 Å². The second-order valence-electron chi connectivity index (χ2n) is 11.2. The molecule has 0 spiro atoms. The van der Waals surface area contributed by atoms with Gasteiger partial charge in [0.1, 0.15) is 24.9 Å². The van der Waals surface area contributed by atoms with E-state index >= 15 is 0 Å². The molecule has 38 heavy (non-hydrogen) atoms. The topological polar surface area (TPSA) is 127 Å². The van der Waals surface area contributed by atoms with Gasteiger partial charge in [0.15, 0.2) is 6.23 Å². The molecular weight excluding hydrogens is 528 g/mol. The van der Waals surface area contributed by atoms with Crippen LogP contribution in [0, 0.1) is 0 Å². The van der Waals surface area contributed by atoms with Crippen molar-refractivity contribution in [1.29, 1.82) is 0 Å². The van der Waals surface area contributed by atoms with Crippen LogP contribution in [-0.4, -0.2) is 69.0 Å². The molecule has 1 N–H and O–H groups in total. The van der Waals surface area contributed by atoms with E-state index in [1.165, 1.54) is 12.3 Å². The number of ether oxygens (including phenoxy) is 2. The van der Waals surface area contributed by atoms with Crippen LogP contribution in [0.25, 0.3) is 0 Å². The number of nitrogens with zero attached hydrogens (tertiary/aromatic N) is 2. The van der Waals surface area contributed by atoms with Gasteiger partial charge in [0, 0.05) is 12.3 Å². The number of hydrogen-bond acceptors (Lipinski definition) is 9. The largest absolute Gasteiger partial charge is 0.445 e. The quantitative estimate of drug-likeness (QED) is 0.387. The third-order valence-electron chi connectivity index (χ3n) is 7.43. The highest BCUT2D eigenvalue weighted by atomic mass is 28.5. The number of carbonyl (C=O) groups excluding carboxylic acids is 1. The summed E-state index contributed by atoms with van der Waals surface area (Å²) in [5, 5.41) is 11.5. The third kappa shape index (κ3) is 5.29. The van der Waals surface area contributed by atoms with Crippen molar-refractivity contribution in [1.82, 2.24) is 9.13 Å². The lowest BCUT2D eigenvalue weighted by atomic mass is 10.1. The molecule has 0 amide bonds. The lowest BCUT2D eigenvalue weighted by Gasteiger charge is -2.51. The summed E-state index contributed by atoms with van der Waals surface area (Å²) < 4.78 is 33.1. The van der Waals surface area contributed by atoms with Gasteiger partial charge < -0.3 is 27.5 Å². The van der Waals surface area contributed by atoms with E-state index in [0.717, 1.165) is 10.6 Å². The predicted molar refractivity (Wildman–Crippen MR) is 146 cm³/mol. The molecule has 2 aliphatic rings. The summed E-state index contributed by atoms with van der Waals surface area (Å²) in [4.78, 5) is 38.0. The van der Waals surface area contributed by atoms with Crippen LogP contribution in [0.1, 0.15) is 61.6 Å². The van der Waals surface area contributed by atoms with Gasteiger partial charge in [0.2, 0.25) is 0 Å². The van der Waals surface area contributed by atoms with Crippen molar-refractivity contribution in [2.45, 2.75) is 102 Å². The van der Waals surface area contributed by atoms with E-state index in [1.54, 1.807) is 0 Å². The SMILES string of the molecule is C=CCOC(=O)n1c(=O)ccn([C@@H]2O[C@@H]3CO[Si](C(C)C)(C(C)C)O[Si](C(C)C)(C(C)C)O[C@H]3[C@H]2O)c1=O. The number of rotatable bonds is 7. The summed E-state index contributed by atoms with van der Waals surface area (Å²) >= 11 is 0. The van der Waals surface area contributed by atoms with Gasteiger partial charge in [-0.15, -0.1) is 0 Å². The number of aromatic nitrogens is 2. The van der Waals surface area contributed by atoms with E-state index in [0.29, 0.717) is 4.57 Å². The normalized spacial score (nSPS) is 26.9. The smallest absolute Gasteiger partial charge is 0.425 e. The summed E-state index contributed by atoms with van der Waals surface area (Å²) in [5.74, 6) is 0. The van der Waals surface area contributed by atoms with Crippen molar-refractivity contribution in [3.8, 4) is 0 Å². The van der Waals surface area contributed by atoms with Crippen molar-refractivity contribution in [2.75, 3.05) is 13.2 Å². The predicted octanol–water partition coefficient (Wildman–Crippen LogP) is 3.40. The molecule has 0 saturated carbocycles. The summed E-state index contributed by atoms with van der Waals surface area (Å²) in [6.45, 7) is 20.1. The summed E-state index contributed by atoms with van der Waals surface area (Å²) in [5.41, 5.74) is -1.54. The Labute approximate surface area is 225 Å². The minimum Gasteiger partial charge on any atom is -0.445 e. The van der Waals surface area contributed by atoms with Gasteiger partial charge in [-0.1, -0.05) is 68.0 Å².